The van der Waals surface area contributed by atoms with Crippen LogP contribution in [0.1, 0.15) is 86.0 Å². The monoisotopic (exact) mass is 411 g/mol. The molecule has 1 saturated carbocycles. The van der Waals surface area contributed by atoms with E-state index in [9.17, 15) is 14.4 Å². The minimum atomic E-state index is -0.333. The quantitative estimate of drug-likeness (QED) is 0.674. The Morgan fingerprint density at radius 3 is 1.90 bits per heavy atom. The predicted molar refractivity (Wildman–Crippen MR) is 122 cm³/mol. The van der Waals surface area contributed by atoms with E-state index in [1.807, 2.05) is 20.8 Å². The molecule has 2 rings (SSSR count). The molecule has 1 heterocycles. The van der Waals surface area contributed by atoms with Gasteiger partial charge in [0.25, 0.3) is 0 Å². The second-order valence-corrected chi connectivity index (χ2v) is 7.11. The Balaban J connectivity index is 0. The molecule has 2 fully saturated rings. The Morgan fingerprint density at radius 1 is 1.07 bits per heavy atom. The first kappa shape index (κ1) is 29.5. The first-order valence-electron chi connectivity index (χ1n) is 11.2. The maximum atomic E-state index is 11.9. The smallest absolute Gasteiger partial charge is 0.242 e. The number of allylic oxidation sites excluding steroid dienone is 1. The van der Waals surface area contributed by atoms with Crippen molar-refractivity contribution >= 4 is 17.6 Å². The summed E-state index contributed by atoms with van der Waals surface area (Å²) in [6.07, 6.45) is 12.3. The molecule has 170 valence electrons. The zero-order chi connectivity index (χ0) is 22.7. The zero-order valence-electron chi connectivity index (χ0n) is 19.7. The third kappa shape index (κ3) is 14.0. The van der Waals surface area contributed by atoms with Crippen LogP contribution in [0.5, 0.6) is 0 Å². The van der Waals surface area contributed by atoms with Crippen LogP contribution < -0.4 is 10.6 Å². The molecule has 0 radical (unpaired) electrons. The lowest BCUT2D eigenvalue weighted by Crippen LogP contribution is -2.48. The molecule has 0 aromatic rings. The van der Waals surface area contributed by atoms with Crippen LogP contribution in [0.3, 0.4) is 0 Å². The summed E-state index contributed by atoms with van der Waals surface area (Å²) in [5.41, 5.74) is 0. The van der Waals surface area contributed by atoms with Gasteiger partial charge < -0.3 is 15.5 Å². The minimum Gasteiger partial charge on any atom is -0.346 e. The van der Waals surface area contributed by atoms with Crippen molar-refractivity contribution in [3.05, 3.63) is 12.7 Å². The van der Waals surface area contributed by atoms with Crippen LogP contribution in [0.15, 0.2) is 12.7 Å². The summed E-state index contributed by atoms with van der Waals surface area (Å²) < 4.78 is 0. The Bertz CT molecular complexity index is 451. The second-order valence-electron chi connectivity index (χ2n) is 7.11. The molecule has 2 aliphatic rings. The van der Waals surface area contributed by atoms with E-state index < -0.39 is 0 Å². The van der Waals surface area contributed by atoms with Gasteiger partial charge in [0.2, 0.25) is 11.8 Å². The van der Waals surface area contributed by atoms with Gasteiger partial charge in [0.05, 0.1) is 18.6 Å². The van der Waals surface area contributed by atoms with Crippen LogP contribution in [0.2, 0.25) is 0 Å². The van der Waals surface area contributed by atoms with Crippen molar-refractivity contribution in [3.8, 4) is 0 Å². The number of carbonyl (C=O) groups excluding carboxylic acids is 3. The van der Waals surface area contributed by atoms with Gasteiger partial charge in [0, 0.05) is 6.54 Å². The third-order valence-electron chi connectivity index (χ3n) is 4.78. The molecule has 2 N–H and O–H groups in total. The van der Waals surface area contributed by atoms with Crippen molar-refractivity contribution in [1.29, 1.82) is 0 Å². The Kier molecular flexibility index (Phi) is 20.0. The highest BCUT2D eigenvalue weighted by Crippen LogP contribution is 2.17. The van der Waals surface area contributed by atoms with E-state index in [0.717, 1.165) is 12.8 Å². The molecule has 2 unspecified atom stereocenters. The maximum Gasteiger partial charge on any atom is 0.242 e. The van der Waals surface area contributed by atoms with Crippen LogP contribution in [0.25, 0.3) is 0 Å². The number of rotatable bonds is 5. The van der Waals surface area contributed by atoms with Gasteiger partial charge >= 0.3 is 0 Å². The number of likely N-dealkylation sites (tertiary alicyclic amines) is 1. The molecule has 6 heteroatoms. The standard InChI is InChI=1S/C12H21N3O3.C6H12.C3H6.C2H6/c1-8(13-3)12(18)14-7-11(17)15-6-4-5-10(15)9(2)16;1-2-4-6-5-3-1;1-3-2;1-2/h8,10,13H,4-7H2,1-3H3,(H,14,18);1-6H2;3H,1H2,2H3;1-2H3. The van der Waals surface area contributed by atoms with Gasteiger partial charge in [0.1, 0.15) is 0 Å². The molecule has 0 aromatic carbocycles. The lowest BCUT2D eigenvalue weighted by molar-refractivity contribution is -0.137. The fraction of sp³-hybridized carbons (Fsp3) is 0.783. The van der Waals surface area contributed by atoms with E-state index in [4.69, 9.17) is 0 Å². The lowest BCUT2D eigenvalue weighted by atomic mass is 10.0. The van der Waals surface area contributed by atoms with Crippen LogP contribution in [-0.2, 0) is 14.4 Å². The maximum absolute atomic E-state index is 11.9. The van der Waals surface area contributed by atoms with Gasteiger partial charge in [-0.15, -0.1) is 6.58 Å². The van der Waals surface area contributed by atoms with Crippen molar-refractivity contribution in [2.75, 3.05) is 20.1 Å². The van der Waals surface area contributed by atoms with Crippen molar-refractivity contribution in [2.45, 2.75) is 98.1 Å². The van der Waals surface area contributed by atoms with Gasteiger partial charge in [-0.3, -0.25) is 14.4 Å². The molecular formula is C23H45N3O3. The average Bonchev–Trinajstić information content (AvgIpc) is 3.25. The van der Waals surface area contributed by atoms with Crippen molar-refractivity contribution in [2.24, 2.45) is 0 Å². The zero-order valence-corrected chi connectivity index (χ0v) is 19.7. The minimum absolute atomic E-state index is 0.00997. The van der Waals surface area contributed by atoms with E-state index in [1.165, 1.54) is 45.4 Å². The van der Waals surface area contributed by atoms with Crippen LogP contribution >= 0.6 is 0 Å². The molecular weight excluding hydrogens is 366 g/mol. The first-order chi connectivity index (χ1) is 13.9. The Hall–Kier alpha value is -1.69. The molecule has 0 spiro atoms. The number of hydrogen-bond donors (Lipinski definition) is 2. The second kappa shape index (κ2) is 19.6. The van der Waals surface area contributed by atoms with E-state index in [1.54, 1.807) is 24.9 Å². The summed E-state index contributed by atoms with van der Waals surface area (Å²) >= 11 is 0. The molecule has 0 bridgehead atoms. The molecule has 29 heavy (non-hydrogen) atoms. The summed E-state index contributed by atoms with van der Waals surface area (Å²) in [5.74, 6) is -0.399. The molecule has 2 atom stereocenters. The summed E-state index contributed by atoms with van der Waals surface area (Å²) in [6, 6.07) is -0.642. The van der Waals surface area contributed by atoms with E-state index in [2.05, 4.69) is 17.2 Å². The number of hydrogen-bond acceptors (Lipinski definition) is 4. The summed E-state index contributed by atoms with van der Waals surface area (Å²) in [7, 11) is 1.68. The van der Waals surface area contributed by atoms with E-state index in [-0.39, 0.29) is 36.2 Å². The van der Waals surface area contributed by atoms with Crippen LogP contribution in [0.4, 0.5) is 0 Å². The molecule has 1 saturated heterocycles. The number of nitrogens with zero attached hydrogens (tertiary/aromatic N) is 1. The topological polar surface area (TPSA) is 78.5 Å². The van der Waals surface area contributed by atoms with E-state index in [0.29, 0.717) is 6.54 Å². The van der Waals surface area contributed by atoms with Gasteiger partial charge in [-0.25, -0.2) is 0 Å². The molecule has 1 aliphatic heterocycles. The molecule has 6 nitrogen and oxygen atoms in total. The fourth-order valence-corrected chi connectivity index (χ4v) is 3.10. The highest BCUT2D eigenvalue weighted by atomic mass is 16.2. The van der Waals surface area contributed by atoms with Crippen molar-refractivity contribution in [3.63, 3.8) is 0 Å². The molecule has 1 aliphatic carbocycles. The van der Waals surface area contributed by atoms with Crippen molar-refractivity contribution in [1.82, 2.24) is 15.5 Å². The first-order valence-corrected chi connectivity index (χ1v) is 11.2. The largest absolute Gasteiger partial charge is 0.346 e. The number of carbonyl (C=O) groups is 3. The molecule has 2 amide bonds. The highest BCUT2D eigenvalue weighted by molar-refractivity contribution is 5.91. The normalized spacial score (nSPS) is 18.4. The number of ketones is 1. The van der Waals surface area contributed by atoms with Gasteiger partial charge in [0.15, 0.2) is 5.78 Å². The lowest BCUT2D eigenvalue weighted by Gasteiger charge is -2.23. The third-order valence-corrected chi connectivity index (χ3v) is 4.78. The number of likely N-dealkylation sites (N-methyl/N-ethyl adjacent to an activating group) is 1. The van der Waals surface area contributed by atoms with Gasteiger partial charge in [-0.05, 0) is 40.7 Å². The summed E-state index contributed by atoms with van der Waals surface area (Å²) in [5, 5.41) is 5.36. The SMILES string of the molecule is C1CCCCC1.C=CC.CC.CNC(C)C(=O)NCC(=O)N1CCCC1C(C)=O. The summed E-state index contributed by atoms with van der Waals surface area (Å²) in [6.45, 7) is 13.0. The van der Waals surface area contributed by atoms with Crippen LogP contribution in [-0.4, -0.2) is 54.7 Å². The Morgan fingerprint density at radius 2 is 1.52 bits per heavy atom. The summed E-state index contributed by atoms with van der Waals surface area (Å²) in [4.78, 5) is 36.3. The predicted octanol–water partition coefficient (Wildman–Crippen LogP) is 3.85. The number of nitrogens with one attached hydrogen (secondary N) is 2. The van der Waals surface area contributed by atoms with Gasteiger partial charge in [-0.2, -0.15) is 0 Å². The van der Waals surface area contributed by atoms with E-state index >= 15 is 0 Å². The highest BCUT2D eigenvalue weighted by Gasteiger charge is 2.31. The average molecular weight is 412 g/mol. The molecule has 0 aromatic heterocycles. The number of amides is 2. The Labute approximate surface area is 178 Å². The fourth-order valence-electron chi connectivity index (χ4n) is 3.10. The van der Waals surface area contributed by atoms with Crippen molar-refractivity contribution < 1.29 is 14.4 Å². The van der Waals surface area contributed by atoms with Gasteiger partial charge in [-0.1, -0.05) is 58.4 Å². The number of Topliss-reactive ketones (excluding diaryl/α,β-unsaturated/α-hetero) is 1. The van der Waals surface area contributed by atoms with Crippen LogP contribution in [0, 0.1) is 0 Å².